The van der Waals surface area contributed by atoms with E-state index in [0.29, 0.717) is 0 Å². The monoisotopic (exact) mass is 272 g/mol. The highest BCUT2D eigenvalue weighted by atomic mass is 16.6. The van der Waals surface area contributed by atoms with Crippen molar-refractivity contribution in [1.82, 2.24) is 4.90 Å². The molecule has 0 N–H and O–H groups in total. The van der Waals surface area contributed by atoms with Crippen LogP contribution >= 0.6 is 0 Å². The lowest BCUT2D eigenvalue weighted by atomic mass is 9.78. The lowest BCUT2D eigenvalue weighted by molar-refractivity contribution is -0.502. The van der Waals surface area contributed by atoms with Gasteiger partial charge in [0.1, 0.15) is 0 Å². The summed E-state index contributed by atoms with van der Waals surface area (Å²) in [4.78, 5) is 26.0. The molecule has 4 fully saturated rings. The maximum atomic E-state index is 12.7. The highest BCUT2D eigenvalue weighted by Crippen LogP contribution is 2.62. The van der Waals surface area contributed by atoms with Crippen molar-refractivity contribution >= 4 is 5.78 Å². The second-order valence-electron chi connectivity index (χ2n) is 6.07. The van der Waals surface area contributed by atoms with Crippen LogP contribution in [0.3, 0.4) is 0 Å². The average Bonchev–Trinajstić information content (AvgIpc) is 3.16. The first kappa shape index (κ1) is 12.0. The summed E-state index contributed by atoms with van der Waals surface area (Å²) >= 11 is 0. The average molecular weight is 272 g/mol. The fourth-order valence-electron chi connectivity index (χ4n) is 4.41. The van der Waals surface area contributed by atoms with Crippen LogP contribution in [0.25, 0.3) is 0 Å². The van der Waals surface area contributed by atoms with E-state index in [1.54, 1.807) is 0 Å². The van der Waals surface area contributed by atoms with Gasteiger partial charge in [0.15, 0.2) is 11.3 Å². The Labute approximate surface area is 116 Å². The van der Waals surface area contributed by atoms with E-state index in [0.717, 1.165) is 31.5 Å². The van der Waals surface area contributed by atoms with Crippen molar-refractivity contribution in [2.24, 2.45) is 5.92 Å². The van der Waals surface area contributed by atoms with Crippen LogP contribution < -0.4 is 0 Å². The van der Waals surface area contributed by atoms with Crippen molar-refractivity contribution in [3.8, 4) is 0 Å². The quantitative estimate of drug-likeness (QED) is 0.604. The number of hydrogen-bond donors (Lipinski definition) is 0. The lowest BCUT2D eigenvalue weighted by Gasteiger charge is -2.44. The maximum Gasteiger partial charge on any atom is 0.248 e. The minimum atomic E-state index is -0.841. The van der Waals surface area contributed by atoms with Crippen molar-refractivity contribution in [3.63, 3.8) is 0 Å². The molecule has 3 atom stereocenters. The first-order chi connectivity index (χ1) is 9.67. The van der Waals surface area contributed by atoms with Gasteiger partial charge in [0.05, 0.1) is 5.92 Å². The number of Topliss-reactive ketones (excluding diaryl/α,β-unsaturated/α-hetero) is 1. The molecule has 3 aliphatic heterocycles. The Morgan fingerprint density at radius 3 is 2.40 bits per heavy atom. The van der Waals surface area contributed by atoms with E-state index in [1.165, 1.54) is 0 Å². The number of carbonyl (C=O) groups is 1. The van der Waals surface area contributed by atoms with E-state index in [1.807, 2.05) is 30.3 Å². The minimum Gasteiger partial charge on any atom is -0.297 e. The van der Waals surface area contributed by atoms with Crippen molar-refractivity contribution in [2.75, 3.05) is 13.1 Å². The number of carbonyl (C=O) groups excluding carboxylic acids is 1. The molecule has 5 heteroatoms. The summed E-state index contributed by atoms with van der Waals surface area (Å²) in [5.41, 5.74) is 0.0848. The Morgan fingerprint density at radius 1 is 1.20 bits per heavy atom. The number of hydrogen-bond acceptors (Lipinski definition) is 4. The van der Waals surface area contributed by atoms with E-state index in [-0.39, 0.29) is 22.5 Å². The third-order valence-corrected chi connectivity index (χ3v) is 5.30. The zero-order valence-corrected chi connectivity index (χ0v) is 11.1. The molecule has 0 aromatic heterocycles. The molecule has 0 radical (unpaired) electrons. The minimum absolute atomic E-state index is 0.0381. The first-order valence-electron chi connectivity index (χ1n) is 7.15. The Hall–Kier alpha value is -1.75. The SMILES string of the molecule is O=C1C2CCN(CC2)[C@@]12[C@@H]([N+](=O)[O-])[C@@H]2c1ccccc1. The Balaban J connectivity index is 1.80. The van der Waals surface area contributed by atoms with Gasteiger partial charge in [-0.05, 0) is 18.4 Å². The zero-order chi connectivity index (χ0) is 13.9. The van der Waals surface area contributed by atoms with Crippen LogP contribution in [0.1, 0.15) is 24.3 Å². The van der Waals surface area contributed by atoms with Gasteiger partial charge in [-0.15, -0.1) is 0 Å². The fraction of sp³-hybridized carbons (Fsp3) is 0.533. The molecule has 1 aromatic rings. The van der Waals surface area contributed by atoms with Gasteiger partial charge in [0, 0.05) is 23.9 Å². The summed E-state index contributed by atoms with van der Waals surface area (Å²) in [5.74, 6) is -0.115. The van der Waals surface area contributed by atoms with Gasteiger partial charge < -0.3 is 0 Å². The zero-order valence-electron chi connectivity index (χ0n) is 11.1. The van der Waals surface area contributed by atoms with Crippen LogP contribution in [-0.2, 0) is 4.79 Å². The highest BCUT2D eigenvalue weighted by molar-refractivity contribution is 5.98. The molecule has 1 saturated carbocycles. The van der Waals surface area contributed by atoms with Crippen LogP contribution in [0.4, 0.5) is 0 Å². The summed E-state index contributed by atoms with van der Waals surface area (Å²) in [6.07, 6.45) is 1.74. The van der Waals surface area contributed by atoms with Crippen molar-refractivity contribution in [3.05, 3.63) is 46.0 Å². The van der Waals surface area contributed by atoms with Crippen LogP contribution in [0.5, 0.6) is 0 Å². The molecule has 4 aliphatic rings. The van der Waals surface area contributed by atoms with E-state index in [2.05, 4.69) is 4.90 Å². The third kappa shape index (κ3) is 1.28. The molecule has 3 heterocycles. The number of fused-ring (bicyclic) bond motifs is 2. The van der Waals surface area contributed by atoms with Crippen LogP contribution in [0, 0.1) is 16.0 Å². The number of nitro groups is 1. The van der Waals surface area contributed by atoms with Gasteiger partial charge in [0.2, 0.25) is 6.04 Å². The molecule has 2 bridgehead atoms. The number of rotatable bonds is 2. The van der Waals surface area contributed by atoms with Gasteiger partial charge in [-0.3, -0.25) is 19.8 Å². The Kier molecular flexibility index (Phi) is 2.33. The molecule has 1 aromatic carbocycles. The normalized spacial score (nSPS) is 41.9. The van der Waals surface area contributed by atoms with E-state index in [9.17, 15) is 14.9 Å². The van der Waals surface area contributed by atoms with E-state index in [4.69, 9.17) is 0 Å². The molecule has 1 spiro atoms. The predicted octanol–water partition coefficient (Wildman–Crippen LogP) is 1.46. The number of piperidine rings is 3. The van der Waals surface area contributed by atoms with Crippen molar-refractivity contribution in [2.45, 2.75) is 30.3 Å². The Bertz CT molecular complexity index is 580. The van der Waals surface area contributed by atoms with E-state index >= 15 is 0 Å². The molecule has 0 unspecified atom stereocenters. The van der Waals surface area contributed by atoms with E-state index < -0.39 is 11.6 Å². The van der Waals surface area contributed by atoms with Crippen LogP contribution in [-0.4, -0.2) is 40.3 Å². The molecule has 104 valence electrons. The number of nitrogens with zero attached hydrogens (tertiary/aromatic N) is 2. The van der Waals surface area contributed by atoms with Gasteiger partial charge in [-0.25, -0.2) is 0 Å². The van der Waals surface area contributed by atoms with Crippen LogP contribution in [0.2, 0.25) is 0 Å². The fourth-order valence-corrected chi connectivity index (χ4v) is 4.41. The highest BCUT2D eigenvalue weighted by Gasteiger charge is 2.83. The van der Waals surface area contributed by atoms with Gasteiger partial charge >= 0.3 is 0 Å². The summed E-state index contributed by atoms with van der Waals surface area (Å²) in [5, 5.41) is 11.5. The number of ketones is 1. The van der Waals surface area contributed by atoms with Crippen LogP contribution in [0.15, 0.2) is 30.3 Å². The van der Waals surface area contributed by atoms with Gasteiger partial charge in [-0.2, -0.15) is 0 Å². The predicted molar refractivity (Wildman–Crippen MR) is 72.0 cm³/mol. The molecular formula is C15H16N2O3. The number of benzene rings is 1. The summed E-state index contributed by atoms with van der Waals surface area (Å²) in [7, 11) is 0. The molecule has 1 aliphatic carbocycles. The molecule has 3 saturated heterocycles. The summed E-state index contributed by atoms with van der Waals surface area (Å²) < 4.78 is 0. The molecule has 5 nitrogen and oxygen atoms in total. The molecular weight excluding hydrogens is 256 g/mol. The largest absolute Gasteiger partial charge is 0.297 e. The van der Waals surface area contributed by atoms with Gasteiger partial charge in [0.25, 0.3) is 0 Å². The second-order valence-corrected chi connectivity index (χ2v) is 6.07. The summed E-state index contributed by atoms with van der Waals surface area (Å²) in [6, 6.07) is 8.73. The third-order valence-electron chi connectivity index (χ3n) is 5.30. The second kappa shape index (κ2) is 3.88. The maximum absolute atomic E-state index is 12.7. The van der Waals surface area contributed by atoms with Crippen molar-refractivity contribution in [1.29, 1.82) is 0 Å². The lowest BCUT2D eigenvalue weighted by Crippen LogP contribution is -2.60. The first-order valence-corrected chi connectivity index (χ1v) is 7.15. The molecule has 20 heavy (non-hydrogen) atoms. The smallest absolute Gasteiger partial charge is 0.248 e. The van der Waals surface area contributed by atoms with Gasteiger partial charge in [-0.1, -0.05) is 30.3 Å². The molecule has 5 rings (SSSR count). The molecule has 0 amide bonds. The summed E-state index contributed by atoms with van der Waals surface area (Å²) in [6.45, 7) is 1.65. The standard InChI is InChI=1S/C15H16N2O3/c18-14-11-6-8-16(9-7-11)15(14)12(13(15)17(19)20)10-4-2-1-3-5-10/h1-5,11-13H,6-9H2/t12-,13-,15-/m0/s1. The topological polar surface area (TPSA) is 63.5 Å². The van der Waals surface area contributed by atoms with Crippen molar-refractivity contribution < 1.29 is 9.72 Å². The Morgan fingerprint density at radius 2 is 1.85 bits per heavy atom.